The van der Waals surface area contributed by atoms with Crippen LogP contribution in [0.3, 0.4) is 0 Å². The van der Waals surface area contributed by atoms with E-state index in [2.05, 4.69) is 69.5 Å². The molecule has 0 aliphatic carbocycles. The van der Waals surface area contributed by atoms with Crippen molar-refractivity contribution in [2.75, 3.05) is 13.1 Å². The molecule has 1 aliphatic heterocycles. The number of aromatic amines is 1. The maximum Gasteiger partial charge on any atom is 0.270 e. The summed E-state index contributed by atoms with van der Waals surface area (Å²) < 4.78 is 3.93. The Morgan fingerprint density at radius 3 is 2.36 bits per heavy atom. The molecule has 2 unspecified atom stereocenters. The monoisotopic (exact) mass is 527 g/mol. The summed E-state index contributed by atoms with van der Waals surface area (Å²) >= 11 is 0. The molecule has 0 fully saturated rings. The Hall–Kier alpha value is -4.01. The highest BCUT2D eigenvalue weighted by atomic mass is 16.2. The van der Waals surface area contributed by atoms with Crippen LogP contribution >= 0.6 is 0 Å². The lowest BCUT2D eigenvalue weighted by atomic mass is 9.96. The Balaban J connectivity index is 1.51. The Labute approximate surface area is 228 Å². The van der Waals surface area contributed by atoms with Gasteiger partial charge < -0.3 is 4.90 Å². The van der Waals surface area contributed by atoms with E-state index in [0.29, 0.717) is 25.3 Å². The van der Waals surface area contributed by atoms with E-state index in [1.165, 1.54) is 0 Å². The van der Waals surface area contributed by atoms with Crippen LogP contribution in [0.25, 0.3) is 22.5 Å². The van der Waals surface area contributed by atoms with Crippen molar-refractivity contribution in [3.8, 4) is 22.5 Å². The third-order valence-electron chi connectivity index (χ3n) is 7.91. The van der Waals surface area contributed by atoms with Crippen LogP contribution in [0.4, 0.5) is 0 Å². The molecule has 204 valence electrons. The van der Waals surface area contributed by atoms with E-state index >= 15 is 0 Å². The number of H-pyrrole nitrogens is 1. The van der Waals surface area contributed by atoms with Gasteiger partial charge in [-0.15, -0.1) is 5.10 Å². The zero-order valence-corrected chi connectivity index (χ0v) is 23.2. The number of rotatable bonds is 9. The lowest BCUT2D eigenvalue weighted by molar-refractivity contribution is -0.136. The zero-order valence-electron chi connectivity index (χ0n) is 23.2. The van der Waals surface area contributed by atoms with Gasteiger partial charge in [-0.1, -0.05) is 61.9 Å². The lowest BCUT2D eigenvalue weighted by Gasteiger charge is -2.34. The Morgan fingerprint density at radius 1 is 1.00 bits per heavy atom. The summed E-state index contributed by atoms with van der Waals surface area (Å²) in [5.74, 6) is 0.735. The summed E-state index contributed by atoms with van der Waals surface area (Å²) in [6.45, 7) is 9.59. The molecule has 0 bridgehead atoms. The number of aromatic nitrogens is 6. The first kappa shape index (κ1) is 26.6. The largest absolute Gasteiger partial charge is 0.341 e. The van der Waals surface area contributed by atoms with Gasteiger partial charge in [0.15, 0.2) is 5.82 Å². The van der Waals surface area contributed by atoms with E-state index in [9.17, 15) is 9.59 Å². The maximum atomic E-state index is 13.9. The van der Waals surface area contributed by atoms with E-state index in [-0.39, 0.29) is 23.6 Å². The van der Waals surface area contributed by atoms with Gasteiger partial charge in [-0.2, -0.15) is 0 Å². The minimum absolute atomic E-state index is 0.0373. The van der Waals surface area contributed by atoms with E-state index < -0.39 is 0 Å². The van der Waals surface area contributed by atoms with Gasteiger partial charge in [0.05, 0.1) is 6.04 Å². The Bertz CT molecular complexity index is 1480. The first-order valence-electron chi connectivity index (χ1n) is 14.0. The standard InChI is InChI=1S/C30H37N7O2/c1-5-10-26-25(29(38)36-20(4)13-18-27(37(26)36)30(39)35(6-2)7-3)19-21-14-16-22(17-15-21)23-11-8-9-12-24(23)28-31-33-34-32-28/h8-9,11-12,14-17,20,27H,5-7,10,13,18-19H2,1-4H3,(H,31,32,33,34). The summed E-state index contributed by atoms with van der Waals surface area (Å²) in [5.41, 5.74) is 5.92. The highest BCUT2D eigenvalue weighted by Crippen LogP contribution is 2.33. The predicted molar refractivity (Wildman–Crippen MR) is 151 cm³/mol. The molecule has 5 rings (SSSR count). The first-order chi connectivity index (χ1) is 19.0. The maximum absolute atomic E-state index is 13.9. The molecule has 1 amide bonds. The Kier molecular flexibility index (Phi) is 7.77. The second-order valence-corrected chi connectivity index (χ2v) is 10.3. The number of hydrogen-bond acceptors (Lipinski definition) is 5. The van der Waals surface area contributed by atoms with Crippen molar-refractivity contribution in [2.24, 2.45) is 0 Å². The minimum atomic E-state index is -0.325. The number of fused-ring (bicyclic) bond motifs is 1. The number of nitrogens with zero attached hydrogens (tertiary/aromatic N) is 6. The summed E-state index contributed by atoms with van der Waals surface area (Å²) in [5, 5.41) is 14.4. The fourth-order valence-electron chi connectivity index (χ4n) is 5.90. The molecule has 2 aromatic heterocycles. The second kappa shape index (κ2) is 11.4. The highest BCUT2D eigenvalue weighted by molar-refractivity contribution is 5.81. The SMILES string of the molecule is CCCc1c(Cc2ccc(-c3ccccc3-c3nnn[nH]3)cc2)c(=O)n2n1C(C(=O)N(CC)CC)CCC2C. The van der Waals surface area contributed by atoms with Gasteiger partial charge in [0, 0.05) is 36.3 Å². The van der Waals surface area contributed by atoms with Gasteiger partial charge in [0.2, 0.25) is 5.91 Å². The van der Waals surface area contributed by atoms with E-state index in [0.717, 1.165) is 59.2 Å². The van der Waals surface area contributed by atoms with Gasteiger partial charge in [0.1, 0.15) is 6.04 Å². The van der Waals surface area contributed by atoms with Gasteiger partial charge in [-0.25, -0.2) is 9.78 Å². The van der Waals surface area contributed by atoms with Crippen LogP contribution < -0.4 is 5.56 Å². The second-order valence-electron chi connectivity index (χ2n) is 10.3. The van der Waals surface area contributed by atoms with Crippen LogP contribution in [0, 0.1) is 0 Å². The molecule has 2 atom stereocenters. The number of carbonyl (C=O) groups excluding carboxylic acids is 1. The molecule has 1 N–H and O–H groups in total. The van der Waals surface area contributed by atoms with Crippen LogP contribution in [0.15, 0.2) is 53.3 Å². The van der Waals surface area contributed by atoms with Crippen LogP contribution in [0.2, 0.25) is 0 Å². The number of benzene rings is 2. The molecule has 9 nitrogen and oxygen atoms in total. The minimum Gasteiger partial charge on any atom is -0.341 e. The summed E-state index contributed by atoms with van der Waals surface area (Å²) in [4.78, 5) is 29.3. The normalized spacial score (nSPS) is 16.7. The number of amides is 1. The van der Waals surface area contributed by atoms with Gasteiger partial charge in [-0.3, -0.25) is 14.3 Å². The van der Waals surface area contributed by atoms with E-state index in [1.54, 1.807) is 0 Å². The zero-order chi connectivity index (χ0) is 27.5. The highest BCUT2D eigenvalue weighted by Gasteiger charge is 2.36. The van der Waals surface area contributed by atoms with Gasteiger partial charge in [0.25, 0.3) is 5.56 Å². The quantitative estimate of drug-likeness (QED) is 0.337. The number of carbonyl (C=O) groups is 1. The van der Waals surface area contributed by atoms with Crippen LogP contribution in [-0.2, 0) is 17.6 Å². The first-order valence-corrected chi connectivity index (χ1v) is 14.0. The lowest BCUT2D eigenvalue weighted by Crippen LogP contribution is -2.43. The third kappa shape index (κ3) is 4.93. The number of tetrazole rings is 1. The van der Waals surface area contributed by atoms with Crippen LogP contribution in [-0.4, -0.2) is 53.9 Å². The summed E-state index contributed by atoms with van der Waals surface area (Å²) in [6.07, 6.45) is 3.79. The molecular weight excluding hydrogens is 490 g/mol. The van der Waals surface area contributed by atoms with E-state index in [4.69, 9.17) is 0 Å². The molecule has 39 heavy (non-hydrogen) atoms. The summed E-state index contributed by atoms with van der Waals surface area (Å²) in [7, 11) is 0. The number of likely N-dealkylation sites (N-methyl/N-ethyl adjacent to an activating group) is 1. The third-order valence-corrected chi connectivity index (χ3v) is 7.91. The van der Waals surface area contributed by atoms with Crippen molar-refractivity contribution < 1.29 is 4.79 Å². The van der Waals surface area contributed by atoms with Gasteiger partial charge in [-0.05, 0) is 67.2 Å². The molecule has 9 heteroatoms. The summed E-state index contributed by atoms with van der Waals surface area (Å²) in [6, 6.07) is 16.1. The molecule has 3 heterocycles. The molecule has 4 aromatic rings. The molecule has 0 saturated heterocycles. The van der Waals surface area contributed by atoms with Crippen LogP contribution in [0.5, 0.6) is 0 Å². The molecular formula is C30H37N7O2. The van der Waals surface area contributed by atoms with Crippen molar-refractivity contribution >= 4 is 5.91 Å². The number of nitrogens with one attached hydrogen (secondary N) is 1. The topological polar surface area (TPSA) is 102 Å². The number of hydrogen-bond donors (Lipinski definition) is 1. The smallest absolute Gasteiger partial charge is 0.270 e. The molecule has 0 radical (unpaired) electrons. The molecule has 2 aromatic carbocycles. The predicted octanol–water partition coefficient (Wildman–Crippen LogP) is 4.80. The van der Waals surface area contributed by atoms with Crippen molar-refractivity contribution in [1.29, 1.82) is 0 Å². The fraction of sp³-hybridized carbons (Fsp3) is 0.433. The van der Waals surface area contributed by atoms with Crippen molar-refractivity contribution in [3.05, 3.63) is 75.7 Å². The van der Waals surface area contributed by atoms with Crippen molar-refractivity contribution in [1.82, 2.24) is 34.9 Å². The van der Waals surface area contributed by atoms with Crippen molar-refractivity contribution in [2.45, 2.75) is 71.9 Å². The van der Waals surface area contributed by atoms with E-state index in [1.807, 2.05) is 41.6 Å². The molecule has 1 aliphatic rings. The average Bonchev–Trinajstić information content (AvgIpc) is 3.59. The average molecular weight is 528 g/mol. The van der Waals surface area contributed by atoms with Crippen molar-refractivity contribution in [3.63, 3.8) is 0 Å². The fourth-order valence-corrected chi connectivity index (χ4v) is 5.90. The van der Waals surface area contributed by atoms with Crippen LogP contribution in [0.1, 0.15) is 75.9 Å². The molecule has 0 saturated carbocycles. The Morgan fingerprint density at radius 2 is 1.72 bits per heavy atom. The van der Waals surface area contributed by atoms with Gasteiger partial charge >= 0.3 is 0 Å². The molecule has 0 spiro atoms.